The Balaban J connectivity index is 2.55. The van der Waals surface area contributed by atoms with Crippen LogP contribution in [0.1, 0.15) is 19.8 Å². The van der Waals surface area contributed by atoms with E-state index in [2.05, 4.69) is 5.32 Å². The van der Waals surface area contributed by atoms with Crippen molar-refractivity contribution in [1.29, 1.82) is 0 Å². The van der Waals surface area contributed by atoms with Gasteiger partial charge in [0.25, 0.3) is 0 Å². The first kappa shape index (κ1) is 15.2. The summed E-state index contributed by atoms with van der Waals surface area (Å²) in [6, 6.07) is -1.69. The van der Waals surface area contributed by atoms with Gasteiger partial charge in [-0.2, -0.15) is 0 Å². The third-order valence-electron chi connectivity index (χ3n) is 2.90. The number of carboxylic acids is 1. The van der Waals surface area contributed by atoms with E-state index in [-0.39, 0.29) is 18.9 Å². The van der Waals surface area contributed by atoms with Gasteiger partial charge in [-0.3, -0.25) is 4.79 Å². The van der Waals surface area contributed by atoms with Gasteiger partial charge in [-0.25, -0.2) is 9.59 Å². The average Bonchev–Trinajstić information content (AvgIpc) is 2.34. The summed E-state index contributed by atoms with van der Waals surface area (Å²) >= 11 is 0. The molecule has 1 aliphatic heterocycles. The Morgan fingerprint density at radius 2 is 2.21 bits per heavy atom. The van der Waals surface area contributed by atoms with Crippen LogP contribution >= 0.6 is 0 Å². The molecule has 0 radical (unpaired) electrons. The first-order valence-electron chi connectivity index (χ1n) is 6.07. The van der Waals surface area contributed by atoms with Crippen molar-refractivity contribution in [2.24, 2.45) is 5.73 Å². The predicted octanol–water partition coefficient (Wildman–Crippen LogP) is -0.865. The molecule has 0 saturated carbocycles. The molecule has 0 bridgehead atoms. The van der Waals surface area contributed by atoms with Crippen LogP contribution in [-0.2, 0) is 14.3 Å². The quantitative estimate of drug-likeness (QED) is 0.601. The number of nitrogens with two attached hydrogens (primary N) is 1. The van der Waals surface area contributed by atoms with Gasteiger partial charge in [0.1, 0.15) is 6.04 Å². The van der Waals surface area contributed by atoms with Crippen molar-refractivity contribution in [2.45, 2.75) is 31.8 Å². The van der Waals surface area contributed by atoms with Crippen molar-refractivity contribution in [3.63, 3.8) is 0 Å². The summed E-state index contributed by atoms with van der Waals surface area (Å²) in [6.45, 7) is 3.08. The van der Waals surface area contributed by atoms with Gasteiger partial charge < -0.3 is 25.8 Å². The maximum absolute atomic E-state index is 11.9. The standard InChI is InChI=1S/C11H19N3O5/c1-7-6-19-5-4-14(7)11(18)13-8(10(16)17)2-3-9(12)15/h7-8H,2-6H2,1H3,(H2,12,15)(H,13,18)(H,16,17)/t7?,8-/m1/s1. The minimum Gasteiger partial charge on any atom is -0.480 e. The fourth-order valence-electron chi connectivity index (χ4n) is 1.80. The molecule has 1 heterocycles. The number of hydrogen-bond acceptors (Lipinski definition) is 4. The SMILES string of the molecule is CC1COCCN1C(=O)N[C@H](CCC(N)=O)C(=O)O. The Kier molecular flexibility index (Phi) is 5.56. The minimum absolute atomic E-state index is 0.0187. The van der Waals surface area contributed by atoms with E-state index in [1.54, 1.807) is 0 Å². The van der Waals surface area contributed by atoms with E-state index in [0.29, 0.717) is 19.8 Å². The molecule has 3 amide bonds. The van der Waals surface area contributed by atoms with E-state index in [0.717, 1.165) is 0 Å². The topological polar surface area (TPSA) is 122 Å². The molecule has 108 valence electrons. The number of ether oxygens (including phenoxy) is 1. The average molecular weight is 273 g/mol. The number of nitrogens with zero attached hydrogens (tertiary/aromatic N) is 1. The second-order valence-corrected chi connectivity index (χ2v) is 4.46. The zero-order valence-electron chi connectivity index (χ0n) is 10.8. The third-order valence-corrected chi connectivity index (χ3v) is 2.90. The van der Waals surface area contributed by atoms with Gasteiger partial charge in [0.05, 0.1) is 19.3 Å². The van der Waals surface area contributed by atoms with E-state index >= 15 is 0 Å². The molecule has 8 heteroatoms. The molecular formula is C11H19N3O5. The molecule has 0 aliphatic carbocycles. The molecule has 0 aromatic carbocycles. The van der Waals surface area contributed by atoms with E-state index in [9.17, 15) is 14.4 Å². The van der Waals surface area contributed by atoms with Crippen LogP contribution in [0.3, 0.4) is 0 Å². The molecular weight excluding hydrogens is 254 g/mol. The lowest BCUT2D eigenvalue weighted by Gasteiger charge is -2.34. The highest BCUT2D eigenvalue weighted by molar-refractivity contribution is 5.83. The summed E-state index contributed by atoms with van der Waals surface area (Å²) in [4.78, 5) is 35.1. The number of rotatable bonds is 5. The highest BCUT2D eigenvalue weighted by Crippen LogP contribution is 2.07. The van der Waals surface area contributed by atoms with E-state index < -0.39 is 23.9 Å². The number of carboxylic acid groups (broad SMARTS) is 1. The van der Waals surface area contributed by atoms with Crippen LogP contribution in [0.25, 0.3) is 0 Å². The molecule has 1 fully saturated rings. The number of hydrogen-bond donors (Lipinski definition) is 3. The zero-order valence-corrected chi connectivity index (χ0v) is 10.8. The van der Waals surface area contributed by atoms with Gasteiger partial charge in [-0.15, -0.1) is 0 Å². The molecule has 19 heavy (non-hydrogen) atoms. The molecule has 0 aromatic heterocycles. The van der Waals surface area contributed by atoms with Crippen LogP contribution in [-0.4, -0.2) is 59.8 Å². The highest BCUT2D eigenvalue weighted by Gasteiger charge is 2.27. The lowest BCUT2D eigenvalue weighted by Crippen LogP contribution is -2.54. The maximum atomic E-state index is 11.9. The van der Waals surface area contributed by atoms with Crippen LogP contribution in [0.5, 0.6) is 0 Å². The Morgan fingerprint density at radius 3 is 2.74 bits per heavy atom. The summed E-state index contributed by atoms with van der Waals surface area (Å²) in [6.07, 6.45) is -0.106. The monoisotopic (exact) mass is 273 g/mol. The molecule has 4 N–H and O–H groups in total. The van der Waals surface area contributed by atoms with Crippen LogP contribution < -0.4 is 11.1 Å². The third kappa shape index (κ3) is 4.74. The number of primary amides is 1. The molecule has 2 atom stereocenters. The van der Waals surface area contributed by atoms with E-state index in [1.807, 2.05) is 6.92 Å². The smallest absolute Gasteiger partial charge is 0.326 e. The van der Waals surface area contributed by atoms with Gasteiger partial charge in [0.2, 0.25) is 5.91 Å². The summed E-state index contributed by atoms with van der Waals surface area (Å²) in [5.74, 6) is -1.78. The minimum atomic E-state index is -1.18. The van der Waals surface area contributed by atoms with E-state index in [4.69, 9.17) is 15.6 Å². The van der Waals surface area contributed by atoms with Gasteiger partial charge in [-0.1, -0.05) is 0 Å². The van der Waals surface area contributed by atoms with Crippen molar-refractivity contribution in [2.75, 3.05) is 19.8 Å². The van der Waals surface area contributed by atoms with Gasteiger partial charge >= 0.3 is 12.0 Å². The lowest BCUT2D eigenvalue weighted by molar-refractivity contribution is -0.139. The van der Waals surface area contributed by atoms with Crippen LogP contribution in [0.4, 0.5) is 4.79 Å². The summed E-state index contributed by atoms with van der Waals surface area (Å²) < 4.78 is 5.19. The molecule has 1 aliphatic rings. The maximum Gasteiger partial charge on any atom is 0.326 e. The van der Waals surface area contributed by atoms with Crippen molar-refractivity contribution in [3.8, 4) is 0 Å². The molecule has 1 unspecified atom stereocenters. The predicted molar refractivity (Wildman–Crippen MR) is 65.4 cm³/mol. The number of aliphatic carboxylic acids is 1. The molecule has 1 saturated heterocycles. The fourth-order valence-corrected chi connectivity index (χ4v) is 1.80. The largest absolute Gasteiger partial charge is 0.480 e. The Labute approximate surface area is 110 Å². The number of carbonyl (C=O) groups is 3. The number of urea groups is 1. The molecule has 8 nitrogen and oxygen atoms in total. The Hall–Kier alpha value is -1.83. The number of carbonyl (C=O) groups excluding carboxylic acids is 2. The second kappa shape index (κ2) is 6.93. The number of nitrogens with one attached hydrogen (secondary N) is 1. The van der Waals surface area contributed by atoms with Crippen LogP contribution in [0.2, 0.25) is 0 Å². The van der Waals surface area contributed by atoms with Gasteiger partial charge in [-0.05, 0) is 13.3 Å². The lowest BCUT2D eigenvalue weighted by atomic mass is 10.1. The first-order chi connectivity index (χ1) is 8.91. The molecule has 0 aromatic rings. The number of amides is 3. The van der Waals surface area contributed by atoms with Crippen LogP contribution in [0, 0.1) is 0 Å². The van der Waals surface area contributed by atoms with Crippen molar-refractivity contribution in [1.82, 2.24) is 10.2 Å². The highest BCUT2D eigenvalue weighted by atomic mass is 16.5. The summed E-state index contributed by atoms with van der Waals surface area (Å²) in [5, 5.41) is 11.4. The van der Waals surface area contributed by atoms with Crippen molar-refractivity contribution >= 4 is 17.9 Å². The van der Waals surface area contributed by atoms with Crippen molar-refractivity contribution in [3.05, 3.63) is 0 Å². The molecule has 1 rings (SSSR count). The first-order valence-corrected chi connectivity index (χ1v) is 6.07. The van der Waals surface area contributed by atoms with Gasteiger partial charge in [0.15, 0.2) is 0 Å². The normalized spacial score (nSPS) is 20.7. The fraction of sp³-hybridized carbons (Fsp3) is 0.727. The zero-order chi connectivity index (χ0) is 14.4. The summed E-state index contributed by atoms with van der Waals surface area (Å²) in [7, 11) is 0. The number of morpholine rings is 1. The Bertz CT molecular complexity index is 360. The van der Waals surface area contributed by atoms with Gasteiger partial charge in [0, 0.05) is 13.0 Å². The van der Waals surface area contributed by atoms with E-state index in [1.165, 1.54) is 4.90 Å². The molecule has 0 spiro atoms. The Morgan fingerprint density at radius 1 is 1.53 bits per heavy atom. The van der Waals surface area contributed by atoms with Crippen LogP contribution in [0.15, 0.2) is 0 Å². The second-order valence-electron chi connectivity index (χ2n) is 4.46. The summed E-state index contributed by atoms with van der Waals surface area (Å²) in [5.41, 5.74) is 4.97. The van der Waals surface area contributed by atoms with Crippen molar-refractivity contribution < 1.29 is 24.2 Å².